The molecule has 0 saturated heterocycles. The number of hydrogen-bond acceptors (Lipinski definition) is 4. The first-order valence-electron chi connectivity index (χ1n) is 4.61. The number of aromatic nitrogens is 3. The van der Waals surface area contributed by atoms with Crippen molar-refractivity contribution in [2.45, 2.75) is 5.03 Å². The van der Waals surface area contributed by atoms with Crippen LogP contribution in [-0.4, -0.2) is 23.2 Å². The molecule has 17 heavy (non-hydrogen) atoms. The summed E-state index contributed by atoms with van der Waals surface area (Å²) in [5.41, 5.74) is 0.353. The maximum atomic E-state index is 12.0. The van der Waals surface area contributed by atoms with Crippen LogP contribution in [0.25, 0.3) is 0 Å². The fraction of sp³-hybridized carbons (Fsp3) is 0.111. The summed E-state index contributed by atoms with van der Waals surface area (Å²) in [6.45, 7) is 0. The molecule has 8 heteroatoms. The van der Waals surface area contributed by atoms with E-state index in [1.165, 1.54) is 35.3 Å². The molecule has 90 valence electrons. The summed E-state index contributed by atoms with van der Waals surface area (Å²) in [6, 6.07) is 4.35. The first-order chi connectivity index (χ1) is 7.99. The van der Waals surface area contributed by atoms with Gasteiger partial charge in [0, 0.05) is 13.2 Å². The Hall–Kier alpha value is -1.60. The van der Waals surface area contributed by atoms with Gasteiger partial charge in [-0.15, -0.1) is 0 Å². The van der Waals surface area contributed by atoms with E-state index in [2.05, 4.69) is 14.8 Å². The van der Waals surface area contributed by atoms with E-state index in [1.807, 2.05) is 0 Å². The lowest BCUT2D eigenvalue weighted by Crippen LogP contribution is -2.16. The molecule has 0 aliphatic rings. The predicted octanol–water partition coefficient (Wildman–Crippen LogP) is 1.27. The molecule has 1 N–H and O–H groups in total. The van der Waals surface area contributed by atoms with Gasteiger partial charge in [0.05, 0.1) is 11.9 Å². The zero-order valence-electron chi connectivity index (χ0n) is 8.83. The van der Waals surface area contributed by atoms with E-state index in [0.29, 0.717) is 5.69 Å². The number of nitrogens with zero attached hydrogens (tertiary/aromatic N) is 3. The first kappa shape index (κ1) is 11.9. The van der Waals surface area contributed by atoms with Crippen molar-refractivity contribution < 1.29 is 8.42 Å². The zero-order chi connectivity index (χ0) is 12.5. The molecule has 2 aromatic rings. The van der Waals surface area contributed by atoms with Crippen molar-refractivity contribution in [3.8, 4) is 0 Å². The number of rotatable bonds is 3. The predicted molar refractivity (Wildman–Crippen MR) is 63.3 cm³/mol. The molecular formula is C9H9ClN4O2S. The Labute approximate surface area is 103 Å². The Kier molecular flexibility index (Phi) is 3.03. The minimum Gasteiger partial charge on any atom is -0.278 e. The van der Waals surface area contributed by atoms with Crippen LogP contribution in [0.5, 0.6) is 0 Å². The maximum Gasteiger partial charge on any atom is 0.279 e. The van der Waals surface area contributed by atoms with Crippen LogP contribution in [0.1, 0.15) is 0 Å². The Morgan fingerprint density at radius 1 is 1.35 bits per heavy atom. The van der Waals surface area contributed by atoms with Gasteiger partial charge >= 0.3 is 0 Å². The second-order valence-electron chi connectivity index (χ2n) is 3.27. The standard InChI is InChI=1S/C9H9ClN4O2S/c1-14-9(3-5-12-14)17(15,16)13-7-2-4-11-8(10)6-7/h2-6H,1H3,(H,11,13). The molecule has 0 aliphatic heterocycles. The molecule has 2 aromatic heterocycles. The fourth-order valence-electron chi connectivity index (χ4n) is 1.30. The van der Waals surface area contributed by atoms with Crippen LogP contribution in [-0.2, 0) is 17.1 Å². The van der Waals surface area contributed by atoms with Gasteiger partial charge in [0.25, 0.3) is 10.0 Å². The summed E-state index contributed by atoms with van der Waals surface area (Å²) in [7, 11) is -2.10. The molecule has 0 aliphatic carbocycles. The monoisotopic (exact) mass is 272 g/mol. The van der Waals surface area contributed by atoms with Crippen LogP contribution in [0.4, 0.5) is 5.69 Å². The number of hydrogen-bond donors (Lipinski definition) is 1. The zero-order valence-corrected chi connectivity index (χ0v) is 10.4. The maximum absolute atomic E-state index is 12.0. The highest BCUT2D eigenvalue weighted by Crippen LogP contribution is 2.17. The van der Waals surface area contributed by atoms with Crippen molar-refractivity contribution in [1.29, 1.82) is 0 Å². The van der Waals surface area contributed by atoms with E-state index < -0.39 is 10.0 Å². The second kappa shape index (κ2) is 4.34. The van der Waals surface area contributed by atoms with Crippen LogP contribution >= 0.6 is 11.6 Å². The smallest absolute Gasteiger partial charge is 0.278 e. The van der Waals surface area contributed by atoms with Gasteiger partial charge in [-0.1, -0.05) is 11.6 Å². The van der Waals surface area contributed by atoms with E-state index in [1.54, 1.807) is 7.05 Å². The molecule has 0 amide bonds. The molecule has 0 bridgehead atoms. The average molecular weight is 273 g/mol. The van der Waals surface area contributed by atoms with Crippen molar-refractivity contribution in [3.63, 3.8) is 0 Å². The molecule has 0 saturated carbocycles. The first-order valence-corrected chi connectivity index (χ1v) is 6.47. The van der Waals surface area contributed by atoms with Gasteiger partial charge in [-0.3, -0.25) is 9.40 Å². The Morgan fingerprint density at radius 3 is 2.71 bits per heavy atom. The minimum atomic E-state index is -3.65. The molecule has 0 radical (unpaired) electrons. The van der Waals surface area contributed by atoms with Crippen molar-refractivity contribution >= 4 is 27.3 Å². The largest absolute Gasteiger partial charge is 0.279 e. The third-order valence-corrected chi connectivity index (χ3v) is 3.69. The van der Waals surface area contributed by atoms with Crippen molar-refractivity contribution in [1.82, 2.24) is 14.8 Å². The van der Waals surface area contributed by atoms with Crippen molar-refractivity contribution in [2.75, 3.05) is 4.72 Å². The van der Waals surface area contributed by atoms with Gasteiger partial charge in [0.15, 0.2) is 5.03 Å². The summed E-state index contributed by atoms with van der Waals surface area (Å²) in [6.07, 6.45) is 2.83. The summed E-state index contributed by atoms with van der Waals surface area (Å²) in [4.78, 5) is 3.76. The van der Waals surface area contributed by atoms with Crippen LogP contribution in [0.3, 0.4) is 0 Å². The van der Waals surface area contributed by atoms with Crippen LogP contribution < -0.4 is 4.72 Å². The van der Waals surface area contributed by atoms with Crippen molar-refractivity contribution in [2.24, 2.45) is 7.05 Å². The Balaban J connectivity index is 2.33. The lowest BCUT2D eigenvalue weighted by molar-refractivity contribution is 0.582. The lowest BCUT2D eigenvalue weighted by atomic mass is 10.4. The number of halogens is 1. The molecule has 0 unspecified atom stereocenters. The summed E-state index contributed by atoms with van der Waals surface area (Å²) in [5.74, 6) is 0. The van der Waals surface area contributed by atoms with E-state index in [9.17, 15) is 8.42 Å². The van der Waals surface area contributed by atoms with Gasteiger partial charge in [-0.05, 0) is 18.2 Å². The SMILES string of the molecule is Cn1nccc1S(=O)(=O)Nc1ccnc(Cl)c1. The van der Waals surface area contributed by atoms with E-state index in [4.69, 9.17) is 11.6 Å². The molecule has 2 heterocycles. The van der Waals surface area contributed by atoms with Crippen LogP contribution in [0, 0.1) is 0 Å². The second-order valence-corrected chi connectivity index (χ2v) is 5.28. The Morgan fingerprint density at radius 2 is 2.12 bits per heavy atom. The molecule has 2 rings (SSSR count). The van der Waals surface area contributed by atoms with Gasteiger partial charge in [-0.2, -0.15) is 13.5 Å². The Bertz CT molecular complexity index is 638. The topological polar surface area (TPSA) is 76.9 Å². The number of nitrogens with one attached hydrogen (secondary N) is 1. The average Bonchev–Trinajstić information content (AvgIpc) is 2.64. The van der Waals surface area contributed by atoms with E-state index in [-0.39, 0.29) is 10.2 Å². The third kappa shape index (κ3) is 2.56. The molecule has 0 fully saturated rings. The number of sulfonamides is 1. The minimum absolute atomic E-state index is 0.0745. The lowest BCUT2D eigenvalue weighted by Gasteiger charge is -2.07. The van der Waals surface area contributed by atoms with E-state index >= 15 is 0 Å². The third-order valence-electron chi connectivity index (χ3n) is 2.03. The summed E-state index contributed by atoms with van der Waals surface area (Å²) < 4.78 is 27.6. The molecule has 0 spiro atoms. The molecule has 0 atom stereocenters. The molecule has 0 aromatic carbocycles. The van der Waals surface area contributed by atoms with E-state index in [0.717, 1.165) is 0 Å². The fourth-order valence-corrected chi connectivity index (χ4v) is 2.65. The normalized spacial score (nSPS) is 11.4. The van der Waals surface area contributed by atoms with Crippen LogP contribution in [0.15, 0.2) is 35.6 Å². The van der Waals surface area contributed by atoms with Crippen molar-refractivity contribution in [3.05, 3.63) is 35.7 Å². The number of aryl methyl sites for hydroxylation is 1. The molecule has 6 nitrogen and oxygen atoms in total. The summed E-state index contributed by atoms with van der Waals surface area (Å²) in [5, 5.41) is 4.09. The van der Waals surface area contributed by atoms with Gasteiger partial charge < -0.3 is 0 Å². The van der Waals surface area contributed by atoms with Gasteiger partial charge in [0.1, 0.15) is 5.15 Å². The number of pyridine rings is 1. The highest BCUT2D eigenvalue weighted by atomic mass is 35.5. The highest BCUT2D eigenvalue weighted by Gasteiger charge is 2.17. The van der Waals surface area contributed by atoms with Gasteiger partial charge in [0.2, 0.25) is 0 Å². The highest BCUT2D eigenvalue weighted by molar-refractivity contribution is 7.92. The molecular weight excluding hydrogens is 264 g/mol. The quantitative estimate of drug-likeness (QED) is 0.854. The number of anilines is 1. The van der Waals surface area contributed by atoms with Gasteiger partial charge in [-0.25, -0.2) is 4.98 Å². The summed E-state index contributed by atoms with van der Waals surface area (Å²) >= 11 is 5.67. The van der Waals surface area contributed by atoms with Crippen LogP contribution in [0.2, 0.25) is 5.15 Å².